The van der Waals surface area contributed by atoms with Gasteiger partial charge < -0.3 is 9.84 Å². The molecular formula is C13H17NO5S. The normalized spacial score (nSPS) is 16.2. The van der Waals surface area contributed by atoms with Crippen molar-refractivity contribution in [1.29, 1.82) is 0 Å². The number of carboxylic acids is 1. The molecule has 6 nitrogen and oxygen atoms in total. The quantitative estimate of drug-likeness (QED) is 0.856. The summed E-state index contributed by atoms with van der Waals surface area (Å²) in [4.78, 5) is 10.6. The monoisotopic (exact) mass is 299 g/mol. The highest BCUT2D eigenvalue weighted by Crippen LogP contribution is 2.22. The minimum atomic E-state index is -3.41. The number of carboxylic acid groups (broad SMARTS) is 1. The van der Waals surface area contributed by atoms with Crippen molar-refractivity contribution >= 4 is 16.0 Å². The average molecular weight is 299 g/mol. The Morgan fingerprint density at radius 2 is 1.80 bits per heavy atom. The van der Waals surface area contributed by atoms with Crippen LogP contribution in [0.4, 0.5) is 0 Å². The molecule has 1 aliphatic rings. The predicted octanol–water partition coefficient (Wildman–Crippen LogP) is 1.32. The van der Waals surface area contributed by atoms with Crippen LogP contribution in [0.2, 0.25) is 0 Å². The Labute approximate surface area is 118 Å². The number of benzene rings is 1. The topological polar surface area (TPSA) is 83.9 Å². The lowest BCUT2D eigenvalue weighted by molar-refractivity contribution is -0.137. The van der Waals surface area contributed by atoms with Crippen molar-refractivity contribution in [2.75, 3.05) is 19.7 Å². The zero-order chi connectivity index (χ0) is 14.6. The van der Waals surface area contributed by atoms with E-state index in [1.165, 1.54) is 16.4 Å². The molecule has 7 heteroatoms. The first-order chi connectivity index (χ1) is 9.50. The molecule has 0 atom stereocenters. The number of carbonyl (C=O) groups is 1. The molecule has 20 heavy (non-hydrogen) atoms. The van der Waals surface area contributed by atoms with Crippen LogP contribution < -0.4 is 4.74 Å². The summed E-state index contributed by atoms with van der Waals surface area (Å²) >= 11 is 0. The Bertz CT molecular complexity index is 561. The van der Waals surface area contributed by atoms with Gasteiger partial charge in [0.15, 0.2) is 0 Å². The Balaban J connectivity index is 2.02. The van der Waals surface area contributed by atoms with Crippen LogP contribution in [-0.2, 0) is 14.8 Å². The van der Waals surface area contributed by atoms with Crippen LogP contribution in [0, 0.1) is 0 Å². The van der Waals surface area contributed by atoms with Gasteiger partial charge in [-0.05, 0) is 37.1 Å². The van der Waals surface area contributed by atoms with Gasteiger partial charge in [0.1, 0.15) is 5.75 Å². The van der Waals surface area contributed by atoms with Gasteiger partial charge >= 0.3 is 5.97 Å². The van der Waals surface area contributed by atoms with Crippen LogP contribution in [0.15, 0.2) is 29.2 Å². The second-order valence-corrected chi connectivity index (χ2v) is 6.51. The second-order valence-electron chi connectivity index (χ2n) is 4.57. The van der Waals surface area contributed by atoms with Gasteiger partial charge in [0.25, 0.3) is 0 Å². The summed E-state index contributed by atoms with van der Waals surface area (Å²) in [6.07, 6.45) is 1.71. The van der Waals surface area contributed by atoms with E-state index in [4.69, 9.17) is 9.84 Å². The highest BCUT2D eigenvalue weighted by Gasteiger charge is 2.26. The van der Waals surface area contributed by atoms with Crippen LogP contribution in [0.3, 0.4) is 0 Å². The molecule has 0 bridgehead atoms. The van der Waals surface area contributed by atoms with Gasteiger partial charge in [-0.15, -0.1) is 0 Å². The number of aliphatic carboxylic acids is 1. The molecule has 1 aliphatic heterocycles. The van der Waals surface area contributed by atoms with Crippen molar-refractivity contribution in [2.24, 2.45) is 0 Å². The molecule has 1 N–H and O–H groups in total. The molecule has 110 valence electrons. The van der Waals surface area contributed by atoms with Gasteiger partial charge in [0.2, 0.25) is 10.0 Å². The van der Waals surface area contributed by atoms with Crippen molar-refractivity contribution in [3.05, 3.63) is 24.3 Å². The number of hydrogen-bond acceptors (Lipinski definition) is 4. The average Bonchev–Trinajstić information content (AvgIpc) is 2.93. The number of rotatable bonds is 6. The van der Waals surface area contributed by atoms with Crippen LogP contribution in [0.25, 0.3) is 0 Å². The SMILES string of the molecule is O=C(O)CCOc1ccc(S(=O)(=O)N2CCCC2)cc1. The standard InChI is InChI=1S/C13H17NO5S/c15-13(16)7-10-19-11-3-5-12(6-4-11)20(17,18)14-8-1-2-9-14/h3-6H,1-2,7-10H2,(H,15,16). The van der Waals surface area contributed by atoms with E-state index in [9.17, 15) is 13.2 Å². The molecule has 0 spiro atoms. The molecule has 1 fully saturated rings. The highest BCUT2D eigenvalue weighted by molar-refractivity contribution is 7.89. The third kappa shape index (κ3) is 3.49. The molecule has 1 heterocycles. The maximum atomic E-state index is 12.3. The van der Waals surface area contributed by atoms with E-state index in [0.29, 0.717) is 18.8 Å². The fourth-order valence-electron chi connectivity index (χ4n) is 2.04. The van der Waals surface area contributed by atoms with Gasteiger partial charge in [-0.3, -0.25) is 4.79 Å². The Morgan fingerprint density at radius 1 is 1.20 bits per heavy atom. The van der Waals surface area contributed by atoms with Crippen LogP contribution in [-0.4, -0.2) is 43.5 Å². The number of sulfonamides is 1. The summed E-state index contributed by atoms with van der Waals surface area (Å²) in [5.41, 5.74) is 0. The largest absolute Gasteiger partial charge is 0.493 e. The van der Waals surface area contributed by atoms with E-state index >= 15 is 0 Å². The van der Waals surface area contributed by atoms with E-state index < -0.39 is 16.0 Å². The Kier molecular flexibility index (Phi) is 4.61. The van der Waals surface area contributed by atoms with Crippen molar-refractivity contribution in [3.8, 4) is 5.75 Å². The maximum Gasteiger partial charge on any atom is 0.306 e. The fourth-order valence-corrected chi connectivity index (χ4v) is 3.56. The molecule has 0 unspecified atom stereocenters. The van der Waals surface area contributed by atoms with Crippen LogP contribution in [0.5, 0.6) is 5.75 Å². The first-order valence-corrected chi connectivity index (χ1v) is 7.89. The summed E-state index contributed by atoms with van der Waals surface area (Å²) in [7, 11) is -3.41. The van der Waals surface area contributed by atoms with Gasteiger partial charge in [-0.2, -0.15) is 4.31 Å². The fraction of sp³-hybridized carbons (Fsp3) is 0.462. The van der Waals surface area contributed by atoms with Crippen molar-refractivity contribution in [3.63, 3.8) is 0 Å². The summed E-state index contributed by atoms with van der Waals surface area (Å²) < 4.78 is 31.2. The molecule has 0 amide bonds. The molecule has 0 aromatic heterocycles. The molecule has 0 saturated carbocycles. The van der Waals surface area contributed by atoms with Crippen LogP contribution >= 0.6 is 0 Å². The van der Waals surface area contributed by atoms with E-state index in [1.807, 2.05) is 0 Å². The summed E-state index contributed by atoms with van der Waals surface area (Å²) in [5, 5.41) is 8.50. The zero-order valence-electron chi connectivity index (χ0n) is 11.0. The lowest BCUT2D eigenvalue weighted by atomic mass is 10.3. The van der Waals surface area contributed by atoms with Crippen molar-refractivity contribution in [1.82, 2.24) is 4.31 Å². The first kappa shape index (κ1) is 14.8. The smallest absolute Gasteiger partial charge is 0.306 e. The van der Waals surface area contributed by atoms with E-state index in [0.717, 1.165) is 12.8 Å². The minimum absolute atomic E-state index is 0.0631. The van der Waals surface area contributed by atoms with E-state index in [-0.39, 0.29) is 17.9 Å². The molecule has 1 saturated heterocycles. The summed E-state index contributed by atoms with van der Waals surface area (Å²) in [6.45, 7) is 1.20. The first-order valence-electron chi connectivity index (χ1n) is 6.45. The van der Waals surface area contributed by atoms with Crippen LogP contribution in [0.1, 0.15) is 19.3 Å². The van der Waals surface area contributed by atoms with Gasteiger partial charge in [0.05, 0.1) is 17.9 Å². The van der Waals surface area contributed by atoms with Gasteiger partial charge in [0, 0.05) is 13.1 Å². The number of ether oxygens (including phenoxy) is 1. The van der Waals surface area contributed by atoms with Crippen molar-refractivity contribution in [2.45, 2.75) is 24.2 Å². The highest BCUT2D eigenvalue weighted by atomic mass is 32.2. The second kappa shape index (κ2) is 6.23. The van der Waals surface area contributed by atoms with E-state index in [2.05, 4.69) is 0 Å². The molecule has 1 aromatic rings. The molecule has 1 aromatic carbocycles. The molecule has 0 radical (unpaired) electrons. The predicted molar refractivity (Wildman–Crippen MR) is 72.2 cm³/mol. The maximum absolute atomic E-state index is 12.3. The lowest BCUT2D eigenvalue weighted by Gasteiger charge is -2.15. The summed E-state index contributed by atoms with van der Waals surface area (Å²) in [5.74, 6) is -0.468. The van der Waals surface area contributed by atoms with E-state index in [1.54, 1.807) is 12.1 Å². The van der Waals surface area contributed by atoms with Gasteiger partial charge in [-0.1, -0.05) is 0 Å². The van der Waals surface area contributed by atoms with Gasteiger partial charge in [-0.25, -0.2) is 8.42 Å². The Morgan fingerprint density at radius 3 is 2.35 bits per heavy atom. The minimum Gasteiger partial charge on any atom is -0.493 e. The third-order valence-corrected chi connectivity index (χ3v) is 5.02. The zero-order valence-corrected chi connectivity index (χ0v) is 11.8. The number of nitrogens with zero attached hydrogens (tertiary/aromatic N) is 1. The number of hydrogen-bond donors (Lipinski definition) is 1. The lowest BCUT2D eigenvalue weighted by Crippen LogP contribution is -2.27. The summed E-state index contributed by atoms with van der Waals surface area (Å²) in [6, 6.07) is 6.07. The Hall–Kier alpha value is -1.60. The van der Waals surface area contributed by atoms with Crippen molar-refractivity contribution < 1.29 is 23.1 Å². The molecule has 0 aliphatic carbocycles. The molecule has 2 rings (SSSR count). The third-order valence-electron chi connectivity index (χ3n) is 3.11. The molecular weight excluding hydrogens is 282 g/mol.